The summed E-state index contributed by atoms with van der Waals surface area (Å²) >= 11 is 0. The summed E-state index contributed by atoms with van der Waals surface area (Å²) < 4.78 is 16.6. The van der Waals surface area contributed by atoms with Crippen molar-refractivity contribution in [3.05, 3.63) is 0 Å². The number of carbonyl (C=O) groups is 1. The smallest absolute Gasteiger partial charge is 0.367 e. The number of rotatable bonds is 8. The molecule has 0 aromatic carbocycles. The summed E-state index contributed by atoms with van der Waals surface area (Å²) in [5, 5.41) is 9.47. The normalized spacial score (nSPS) is 14.6. The first kappa shape index (κ1) is 17.4. The standard InChI is InChI=1S/C13H26O5/c1-8(2)16-11(7)13(12(14)15,17-9(3)4)18-10(5)6/h8-11H,1-7H3,(H,14,15). The van der Waals surface area contributed by atoms with Gasteiger partial charge in [0.2, 0.25) is 0 Å². The Morgan fingerprint density at radius 1 is 0.889 bits per heavy atom. The number of hydrogen-bond donors (Lipinski definition) is 1. The monoisotopic (exact) mass is 262 g/mol. The molecule has 18 heavy (non-hydrogen) atoms. The zero-order chi connectivity index (χ0) is 14.5. The average Bonchev–Trinajstić information content (AvgIpc) is 2.13. The third-order valence-corrected chi connectivity index (χ3v) is 2.13. The SMILES string of the molecule is CC(C)OC(C)C(OC(C)C)(OC(C)C)C(=O)O. The Morgan fingerprint density at radius 3 is 1.50 bits per heavy atom. The first-order valence-electron chi connectivity index (χ1n) is 6.36. The Labute approximate surface area is 109 Å². The highest BCUT2D eigenvalue weighted by atomic mass is 16.7. The van der Waals surface area contributed by atoms with Crippen LogP contribution in [0.1, 0.15) is 48.5 Å². The molecule has 1 N–H and O–H groups in total. The van der Waals surface area contributed by atoms with Crippen molar-refractivity contribution >= 4 is 5.97 Å². The molecule has 5 heteroatoms. The fourth-order valence-corrected chi connectivity index (χ4v) is 1.69. The van der Waals surface area contributed by atoms with Crippen LogP contribution in [0.2, 0.25) is 0 Å². The van der Waals surface area contributed by atoms with Gasteiger partial charge in [0, 0.05) is 0 Å². The lowest BCUT2D eigenvalue weighted by Crippen LogP contribution is -2.56. The third-order valence-electron chi connectivity index (χ3n) is 2.13. The second-order valence-corrected chi connectivity index (χ2v) is 5.13. The van der Waals surface area contributed by atoms with Gasteiger partial charge < -0.3 is 19.3 Å². The van der Waals surface area contributed by atoms with E-state index in [9.17, 15) is 9.90 Å². The van der Waals surface area contributed by atoms with Gasteiger partial charge in [-0.3, -0.25) is 0 Å². The maximum Gasteiger partial charge on any atom is 0.367 e. The number of carboxylic acids is 1. The van der Waals surface area contributed by atoms with E-state index in [0.717, 1.165) is 0 Å². The minimum absolute atomic E-state index is 0.106. The second kappa shape index (κ2) is 7.07. The van der Waals surface area contributed by atoms with E-state index in [-0.39, 0.29) is 18.3 Å². The van der Waals surface area contributed by atoms with E-state index in [0.29, 0.717) is 0 Å². The Hall–Kier alpha value is -0.650. The predicted molar refractivity (Wildman–Crippen MR) is 68.5 cm³/mol. The van der Waals surface area contributed by atoms with Crippen LogP contribution < -0.4 is 0 Å². The molecule has 0 spiro atoms. The molecule has 0 aromatic heterocycles. The van der Waals surface area contributed by atoms with Gasteiger partial charge in [-0.05, 0) is 48.5 Å². The van der Waals surface area contributed by atoms with Crippen molar-refractivity contribution in [1.29, 1.82) is 0 Å². The maximum atomic E-state index is 11.6. The Morgan fingerprint density at radius 2 is 1.28 bits per heavy atom. The largest absolute Gasteiger partial charge is 0.477 e. The number of hydrogen-bond acceptors (Lipinski definition) is 4. The van der Waals surface area contributed by atoms with Crippen molar-refractivity contribution in [2.24, 2.45) is 0 Å². The van der Waals surface area contributed by atoms with E-state index in [1.54, 1.807) is 34.6 Å². The molecule has 0 heterocycles. The summed E-state index contributed by atoms with van der Waals surface area (Å²) in [5.41, 5.74) is 0. The molecule has 0 amide bonds. The minimum Gasteiger partial charge on any atom is -0.477 e. The molecule has 1 unspecified atom stereocenters. The quantitative estimate of drug-likeness (QED) is 0.681. The van der Waals surface area contributed by atoms with E-state index in [4.69, 9.17) is 14.2 Å². The van der Waals surface area contributed by atoms with Gasteiger partial charge in [-0.25, -0.2) is 4.79 Å². The lowest BCUT2D eigenvalue weighted by Gasteiger charge is -2.38. The highest BCUT2D eigenvalue weighted by Crippen LogP contribution is 2.26. The van der Waals surface area contributed by atoms with Gasteiger partial charge in [0.15, 0.2) is 0 Å². The first-order chi connectivity index (χ1) is 8.11. The molecule has 0 fully saturated rings. The van der Waals surface area contributed by atoms with Gasteiger partial charge >= 0.3 is 5.97 Å². The van der Waals surface area contributed by atoms with Crippen LogP contribution in [0.15, 0.2) is 0 Å². The van der Waals surface area contributed by atoms with Crippen LogP contribution in [0.5, 0.6) is 0 Å². The molecule has 0 rings (SSSR count). The number of aliphatic carboxylic acids is 1. The molecule has 5 nitrogen and oxygen atoms in total. The minimum atomic E-state index is -1.77. The molecule has 0 saturated carbocycles. The Balaban J connectivity index is 5.23. The van der Waals surface area contributed by atoms with Crippen molar-refractivity contribution in [2.75, 3.05) is 0 Å². The summed E-state index contributed by atoms with van der Waals surface area (Å²) in [7, 11) is 0. The van der Waals surface area contributed by atoms with Crippen molar-refractivity contribution < 1.29 is 24.1 Å². The van der Waals surface area contributed by atoms with Crippen LogP contribution in [-0.2, 0) is 19.0 Å². The molecule has 0 aromatic rings. The first-order valence-corrected chi connectivity index (χ1v) is 6.36. The maximum absolute atomic E-state index is 11.6. The molecular formula is C13H26O5. The van der Waals surface area contributed by atoms with Gasteiger partial charge in [0.1, 0.15) is 6.10 Å². The zero-order valence-corrected chi connectivity index (χ0v) is 12.4. The lowest BCUT2D eigenvalue weighted by atomic mass is 10.1. The Kier molecular flexibility index (Phi) is 6.81. The molecule has 1 atom stereocenters. The summed E-state index contributed by atoms with van der Waals surface area (Å²) in [6, 6.07) is 0. The summed E-state index contributed by atoms with van der Waals surface area (Å²) in [6.07, 6.45) is -1.37. The molecule has 0 aliphatic heterocycles. The zero-order valence-electron chi connectivity index (χ0n) is 12.4. The van der Waals surface area contributed by atoms with Crippen LogP contribution in [0.25, 0.3) is 0 Å². The molecule has 0 radical (unpaired) electrons. The van der Waals surface area contributed by atoms with Crippen LogP contribution >= 0.6 is 0 Å². The van der Waals surface area contributed by atoms with E-state index in [1.165, 1.54) is 0 Å². The highest BCUT2D eigenvalue weighted by Gasteiger charge is 2.49. The van der Waals surface area contributed by atoms with Gasteiger partial charge in [0.05, 0.1) is 18.3 Å². The number of carboxylic acid groups (broad SMARTS) is 1. The molecular weight excluding hydrogens is 236 g/mol. The van der Waals surface area contributed by atoms with Crippen molar-refractivity contribution in [2.45, 2.75) is 78.7 Å². The van der Waals surface area contributed by atoms with Crippen molar-refractivity contribution in [1.82, 2.24) is 0 Å². The molecule has 108 valence electrons. The summed E-state index contributed by atoms with van der Waals surface area (Å²) in [6.45, 7) is 12.4. The van der Waals surface area contributed by atoms with E-state index in [2.05, 4.69) is 0 Å². The Bertz CT molecular complexity index is 250. The fraction of sp³-hybridized carbons (Fsp3) is 0.923. The van der Waals surface area contributed by atoms with Gasteiger partial charge in [-0.15, -0.1) is 0 Å². The molecule has 0 aliphatic rings. The van der Waals surface area contributed by atoms with Crippen LogP contribution in [0, 0.1) is 0 Å². The highest BCUT2D eigenvalue weighted by molar-refractivity contribution is 5.76. The van der Waals surface area contributed by atoms with E-state index >= 15 is 0 Å². The summed E-state index contributed by atoms with van der Waals surface area (Å²) in [5.74, 6) is -2.94. The number of ether oxygens (including phenoxy) is 3. The van der Waals surface area contributed by atoms with E-state index < -0.39 is 17.9 Å². The predicted octanol–water partition coefficient (Wildman–Crippen LogP) is 2.43. The van der Waals surface area contributed by atoms with Crippen LogP contribution in [0.4, 0.5) is 0 Å². The van der Waals surface area contributed by atoms with E-state index in [1.807, 2.05) is 13.8 Å². The average molecular weight is 262 g/mol. The molecule has 0 aliphatic carbocycles. The van der Waals surface area contributed by atoms with Gasteiger partial charge in [-0.2, -0.15) is 0 Å². The molecule has 0 saturated heterocycles. The topological polar surface area (TPSA) is 65.0 Å². The fourth-order valence-electron chi connectivity index (χ4n) is 1.69. The molecule has 0 bridgehead atoms. The van der Waals surface area contributed by atoms with Crippen molar-refractivity contribution in [3.8, 4) is 0 Å². The van der Waals surface area contributed by atoms with Crippen LogP contribution in [-0.4, -0.2) is 41.3 Å². The van der Waals surface area contributed by atoms with Crippen LogP contribution in [0.3, 0.4) is 0 Å². The van der Waals surface area contributed by atoms with Crippen molar-refractivity contribution in [3.63, 3.8) is 0 Å². The van der Waals surface area contributed by atoms with Gasteiger partial charge in [0.25, 0.3) is 5.79 Å². The van der Waals surface area contributed by atoms with Gasteiger partial charge in [-0.1, -0.05) is 0 Å². The third kappa shape index (κ3) is 4.92. The summed E-state index contributed by atoms with van der Waals surface area (Å²) in [4.78, 5) is 11.6. The second-order valence-electron chi connectivity index (χ2n) is 5.13. The lowest BCUT2D eigenvalue weighted by molar-refractivity contribution is -0.307.